The van der Waals surface area contributed by atoms with Gasteiger partial charge in [-0.3, -0.25) is 4.79 Å². The average Bonchev–Trinajstić information content (AvgIpc) is 2.37. The van der Waals surface area contributed by atoms with E-state index in [9.17, 15) is 13.2 Å². The normalized spacial score (nSPS) is 12.0. The van der Waals surface area contributed by atoms with Crippen molar-refractivity contribution in [2.45, 2.75) is 4.90 Å². The van der Waals surface area contributed by atoms with Gasteiger partial charge in [-0.15, -0.1) is 0 Å². The molecule has 1 aromatic rings. The Morgan fingerprint density at radius 1 is 1.47 bits per heavy atom. The van der Waals surface area contributed by atoms with Gasteiger partial charge in [0.05, 0.1) is 18.1 Å². The molecule has 0 aliphatic heterocycles. The standard InChI is InChI=1S/C10H15ClN2O5S/c1-18-5-3-13(2-4-14)19(16,17)8-6-9(11)10(15)12-7-8/h6-7,14H,2-5H2,1H3,(H,12,15). The molecular weight excluding hydrogens is 296 g/mol. The van der Waals surface area contributed by atoms with Gasteiger partial charge in [0.1, 0.15) is 5.02 Å². The number of H-pyrrole nitrogens is 1. The SMILES string of the molecule is COCCN(CCO)S(=O)(=O)c1c[nH]c(=O)c(Cl)c1. The van der Waals surface area contributed by atoms with Crippen molar-refractivity contribution in [2.24, 2.45) is 0 Å². The summed E-state index contributed by atoms with van der Waals surface area (Å²) in [5, 5.41) is 8.70. The van der Waals surface area contributed by atoms with E-state index in [2.05, 4.69) is 4.98 Å². The van der Waals surface area contributed by atoms with E-state index in [0.717, 1.165) is 16.6 Å². The first-order valence-corrected chi connectivity index (χ1v) is 7.23. The Morgan fingerprint density at radius 3 is 2.68 bits per heavy atom. The van der Waals surface area contributed by atoms with Crippen molar-refractivity contribution in [3.8, 4) is 0 Å². The van der Waals surface area contributed by atoms with Gasteiger partial charge in [-0.25, -0.2) is 8.42 Å². The molecule has 9 heteroatoms. The number of methoxy groups -OCH3 is 1. The molecule has 108 valence electrons. The topological polar surface area (TPSA) is 99.7 Å². The highest BCUT2D eigenvalue weighted by atomic mass is 35.5. The van der Waals surface area contributed by atoms with E-state index in [1.165, 1.54) is 7.11 Å². The molecule has 0 saturated carbocycles. The second-order valence-electron chi connectivity index (χ2n) is 3.63. The van der Waals surface area contributed by atoms with Gasteiger partial charge in [0, 0.05) is 26.4 Å². The van der Waals surface area contributed by atoms with Gasteiger partial charge >= 0.3 is 0 Å². The second kappa shape index (κ2) is 7.01. The summed E-state index contributed by atoms with van der Waals surface area (Å²) in [4.78, 5) is 13.2. The van der Waals surface area contributed by atoms with Gasteiger partial charge in [0.15, 0.2) is 0 Å². The van der Waals surface area contributed by atoms with Crippen LogP contribution >= 0.6 is 11.6 Å². The van der Waals surface area contributed by atoms with Crippen LogP contribution in [-0.4, -0.2) is 56.2 Å². The molecule has 7 nitrogen and oxygen atoms in total. The molecule has 1 rings (SSSR count). The Bertz CT molecular complexity index is 572. The number of aromatic amines is 1. The van der Waals surface area contributed by atoms with Crippen molar-refractivity contribution in [1.29, 1.82) is 0 Å². The maximum atomic E-state index is 12.3. The molecule has 1 heterocycles. The Balaban J connectivity index is 3.10. The molecule has 0 aliphatic rings. The molecule has 19 heavy (non-hydrogen) atoms. The van der Waals surface area contributed by atoms with Crippen molar-refractivity contribution < 1.29 is 18.3 Å². The lowest BCUT2D eigenvalue weighted by molar-refractivity contribution is 0.168. The third-order valence-electron chi connectivity index (χ3n) is 2.36. The highest BCUT2D eigenvalue weighted by Gasteiger charge is 2.24. The third-order valence-corrected chi connectivity index (χ3v) is 4.52. The summed E-state index contributed by atoms with van der Waals surface area (Å²) in [5.74, 6) is 0. The van der Waals surface area contributed by atoms with Gasteiger partial charge in [0.25, 0.3) is 5.56 Å². The lowest BCUT2D eigenvalue weighted by Crippen LogP contribution is -2.36. The quantitative estimate of drug-likeness (QED) is 0.717. The zero-order valence-electron chi connectivity index (χ0n) is 10.3. The van der Waals surface area contributed by atoms with Crippen LogP contribution in [0.4, 0.5) is 0 Å². The van der Waals surface area contributed by atoms with Crippen molar-refractivity contribution in [1.82, 2.24) is 9.29 Å². The lowest BCUT2D eigenvalue weighted by Gasteiger charge is -2.20. The minimum absolute atomic E-state index is 0.0670. The molecule has 0 saturated heterocycles. The number of hydrogen-bond acceptors (Lipinski definition) is 5. The first kappa shape index (κ1) is 16.1. The highest BCUT2D eigenvalue weighted by Crippen LogP contribution is 2.16. The Hall–Kier alpha value is -0.930. The molecule has 0 aromatic carbocycles. The summed E-state index contributed by atoms with van der Waals surface area (Å²) in [6.45, 7) is -0.102. The number of rotatable bonds is 7. The molecule has 0 radical (unpaired) electrons. The van der Waals surface area contributed by atoms with Gasteiger partial charge < -0.3 is 14.8 Å². The summed E-state index contributed by atoms with van der Waals surface area (Å²) in [5.41, 5.74) is -0.564. The number of aliphatic hydroxyl groups excluding tert-OH is 1. The predicted molar refractivity (Wildman–Crippen MR) is 69.8 cm³/mol. The van der Waals surface area contributed by atoms with Crippen LogP contribution in [0.3, 0.4) is 0 Å². The van der Waals surface area contributed by atoms with Crippen molar-refractivity contribution in [2.75, 3.05) is 33.4 Å². The summed E-state index contributed by atoms with van der Waals surface area (Å²) >= 11 is 5.61. The molecule has 0 bridgehead atoms. The Kier molecular flexibility index (Phi) is 5.95. The van der Waals surface area contributed by atoms with Crippen molar-refractivity contribution >= 4 is 21.6 Å². The Labute approximate surface area is 115 Å². The predicted octanol–water partition coefficient (Wildman–Crippen LogP) is -0.342. The molecule has 1 aromatic heterocycles. The van der Waals surface area contributed by atoms with Crippen LogP contribution in [0.5, 0.6) is 0 Å². The summed E-state index contributed by atoms with van der Waals surface area (Å²) in [6, 6.07) is 1.08. The zero-order chi connectivity index (χ0) is 14.5. The largest absolute Gasteiger partial charge is 0.395 e. The molecule has 0 aliphatic carbocycles. The molecule has 0 atom stereocenters. The van der Waals surface area contributed by atoms with Crippen LogP contribution in [0.2, 0.25) is 5.02 Å². The van der Waals surface area contributed by atoms with E-state index >= 15 is 0 Å². The van der Waals surface area contributed by atoms with Crippen LogP contribution in [-0.2, 0) is 14.8 Å². The molecule has 2 N–H and O–H groups in total. The molecule has 0 spiro atoms. The fourth-order valence-electron chi connectivity index (χ4n) is 1.39. The maximum absolute atomic E-state index is 12.3. The number of aliphatic hydroxyl groups is 1. The number of aromatic nitrogens is 1. The van der Waals surface area contributed by atoms with Crippen molar-refractivity contribution in [3.05, 3.63) is 27.6 Å². The molecule has 0 fully saturated rings. The number of halogens is 1. The maximum Gasteiger partial charge on any atom is 0.266 e. The molecule has 0 amide bonds. The average molecular weight is 311 g/mol. The highest BCUT2D eigenvalue weighted by molar-refractivity contribution is 7.89. The van der Waals surface area contributed by atoms with Gasteiger partial charge in [-0.05, 0) is 6.07 Å². The third kappa shape index (κ3) is 4.02. The van der Waals surface area contributed by atoms with E-state index in [1.807, 2.05) is 0 Å². The number of hydrogen-bond donors (Lipinski definition) is 2. The molecule has 0 unspecified atom stereocenters. The van der Waals surface area contributed by atoms with Crippen LogP contribution in [0, 0.1) is 0 Å². The first-order chi connectivity index (χ1) is 8.93. The second-order valence-corrected chi connectivity index (χ2v) is 5.98. The number of ether oxygens (including phenoxy) is 1. The monoisotopic (exact) mass is 310 g/mol. The minimum Gasteiger partial charge on any atom is -0.395 e. The minimum atomic E-state index is -3.84. The van der Waals surface area contributed by atoms with E-state index < -0.39 is 15.6 Å². The fourth-order valence-corrected chi connectivity index (χ4v) is 3.04. The Morgan fingerprint density at radius 2 is 2.16 bits per heavy atom. The smallest absolute Gasteiger partial charge is 0.266 e. The lowest BCUT2D eigenvalue weighted by atomic mass is 10.5. The van der Waals surface area contributed by atoms with E-state index in [-0.39, 0.29) is 36.2 Å². The van der Waals surface area contributed by atoms with Crippen molar-refractivity contribution in [3.63, 3.8) is 0 Å². The van der Waals surface area contributed by atoms with E-state index in [4.69, 9.17) is 21.4 Å². The number of pyridine rings is 1. The number of nitrogens with one attached hydrogen (secondary N) is 1. The number of nitrogens with zero attached hydrogens (tertiary/aromatic N) is 1. The zero-order valence-corrected chi connectivity index (χ0v) is 11.9. The van der Waals surface area contributed by atoms with Crippen LogP contribution < -0.4 is 5.56 Å². The van der Waals surface area contributed by atoms with Crippen LogP contribution in [0.15, 0.2) is 22.0 Å². The fraction of sp³-hybridized carbons (Fsp3) is 0.500. The number of sulfonamides is 1. The molecular formula is C10H15ClN2O5S. The van der Waals surface area contributed by atoms with Gasteiger partial charge in [0.2, 0.25) is 10.0 Å². The van der Waals surface area contributed by atoms with Crippen LogP contribution in [0.25, 0.3) is 0 Å². The van der Waals surface area contributed by atoms with E-state index in [0.29, 0.717) is 0 Å². The van der Waals surface area contributed by atoms with Gasteiger partial charge in [-0.1, -0.05) is 11.6 Å². The summed E-state index contributed by atoms with van der Waals surface area (Å²) in [7, 11) is -2.39. The summed E-state index contributed by atoms with van der Waals surface area (Å²) < 4.78 is 30.4. The summed E-state index contributed by atoms with van der Waals surface area (Å²) in [6.07, 6.45) is 1.07. The van der Waals surface area contributed by atoms with Crippen LogP contribution in [0.1, 0.15) is 0 Å². The first-order valence-electron chi connectivity index (χ1n) is 5.41. The van der Waals surface area contributed by atoms with Gasteiger partial charge in [-0.2, -0.15) is 4.31 Å². The van der Waals surface area contributed by atoms with E-state index in [1.54, 1.807) is 0 Å².